The van der Waals surface area contributed by atoms with Crippen LogP contribution in [0.15, 0.2) is 22.4 Å². The van der Waals surface area contributed by atoms with Crippen LogP contribution in [0, 0.1) is 0 Å². The fourth-order valence-electron chi connectivity index (χ4n) is 2.23. The van der Waals surface area contributed by atoms with Crippen LogP contribution in [-0.4, -0.2) is 81.0 Å². The number of hydrogen-bond acceptors (Lipinski definition) is 6. The maximum absolute atomic E-state index is 11.8. The van der Waals surface area contributed by atoms with Gasteiger partial charge in [0.05, 0.1) is 6.26 Å². The minimum absolute atomic E-state index is 0.303. The minimum atomic E-state index is -3.12. The van der Waals surface area contributed by atoms with Crippen LogP contribution in [0.2, 0.25) is 0 Å². The standard InChI is InChI=1S/C12H19N5O4S/c1-22(20,21)17-8-6-16(7-9-17)5-4-13-12(19)10-2-3-11(18)15-14-10/h2-3,10H,4-9H2,1H3,(H,13,19). The number of nitrogens with one attached hydrogen (secondary N) is 1. The van der Waals surface area contributed by atoms with E-state index in [1.54, 1.807) is 0 Å². The Morgan fingerprint density at radius 3 is 2.59 bits per heavy atom. The molecule has 9 nitrogen and oxygen atoms in total. The molecular weight excluding hydrogens is 310 g/mol. The third-order valence-electron chi connectivity index (χ3n) is 3.50. The molecule has 0 aromatic rings. The highest BCUT2D eigenvalue weighted by molar-refractivity contribution is 7.88. The topological polar surface area (TPSA) is 112 Å². The molecule has 1 saturated heterocycles. The zero-order valence-electron chi connectivity index (χ0n) is 12.3. The Balaban J connectivity index is 1.68. The fraction of sp³-hybridized carbons (Fsp3) is 0.667. The number of sulfonamides is 1. The van der Waals surface area contributed by atoms with Gasteiger partial charge in [-0.05, 0) is 6.08 Å². The molecule has 0 aromatic carbocycles. The number of carbonyl (C=O) groups is 2. The van der Waals surface area contributed by atoms with Gasteiger partial charge < -0.3 is 5.32 Å². The average molecular weight is 329 g/mol. The van der Waals surface area contributed by atoms with Crippen molar-refractivity contribution in [2.24, 2.45) is 10.2 Å². The van der Waals surface area contributed by atoms with E-state index in [1.807, 2.05) is 0 Å². The normalized spacial score (nSPS) is 23.7. The smallest absolute Gasteiger partial charge is 0.287 e. The van der Waals surface area contributed by atoms with E-state index < -0.39 is 22.0 Å². The van der Waals surface area contributed by atoms with Gasteiger partial charge in [-0.1, -0.05) is 0 Å². The lowest BCUT2D eigenvalue weighted by atomic mass is 10.2. The summed E-state index contributed by atoms with van der Waals surface area (Å²) in [6, 6.07) is -0.750. The minimum Gasteiger partial charge on any atom is -0.353 e. The van der Waals surface area contributed by atoms with E-state index >= 15 is 0 Å². The Morgan fingerprint density at radius 2 is 2.05 bits per heavy atom. The molecule has 1 fully saturated rings. The van der Waals surface area contributed by atoms with Crippen LogP contribution in [0.3, 0.4) is 0 Å². The first kappa shape index (κ1) is 16.7. The molecule has 0 radical (unpaired) electrons. The monoisotopic (exact) mass is 329 g/mol. The molecule has 10 heteroatoms. The highest BCUT2D eigenvalue weighted by atomic mass is 32.2. The van der Waals surface area contributed by atoms with Gasteiger partial charge in [0.15, 0.2) is 6.04 Å². The number of azo groups is 1. The number of piperazine rings is 1. The Kier molecular flexibility index (Phi) is 5.37. The van der Waals surface area contributed by atoms with E-state index in [4.69, 9.17) is 0 Å². The summed E-state index contributed by atoms with van der Waals surface area (Å²) in [5, 5.41) is 9.66. The molecule has 0 aliphatic carbocycles. The summed E-state index contributed by atoms with van der Waals surface area (Å²) in [4.78, 5) is 24.7. The van der Waals surface area contributed by atoms with Crippen LogP contribution in [-0.2, 0) is 19.6 Å². The summed E-state index contributed by atoms with van der Waals surface area (Å²) in [5.41, 5.74) is 0. The molecule has 0 spiro atoms. The van der Waals surface area contributed by atoms with Crippen LogP contribution >= 0.6 is 0 Å². The molecule has 1 unspecified atom stereocenters. The number of nitrogens with zero attached hydrogens (tertiary/aromatic N) is 4. The molecule has 22 heavy (non-hydrogen) atoms. The zero-order chi connectivity index (χ0) is 16.2. The second-order valence-electron chi connectivity index (χ2n) is 5.15. The van der Waals surface area contributed by atoms with Gasteiger partial charge in [-0.25, -0.2) is 8.42 Å². The molecule has 0 saturated carbocycles. The largest absolute Gasteiger partial charge is 0.353 e. The van der Waals surface area contributed by atoms with Crippen molar-refractivity contribution >= 4 is 21.8 Å². The summed E-state index contributed by atoms with van der Waals surface area (Å²) >= 11 is 0. The Labute approximate surface area is 129 Å². The summed E-state index contributed by atoms with van der Waals surface area (Å²) in [6.07, 6.45) is 3.84. The van der Waals surface area contributed by atoms with Gasteiger partial charge in [-0.2, -0.15) is 9.42 Å². The molecule has 0 aromatic heterocycles. The van der Waals surface area contributed by atoms with Gasteiger partial charge in [-0.15, -0.1) is 5.11 Å². The number of amides is 2. The van der Waals surface area contributed by atoms with Crippen molar-refractivity contribution in [2.75, 3.05) is 45.5 Å². The van der Waals surface area contributed by atoms with Crippen molar-refractivity contribution in [1.29, 1.82) is 0 Å². The summed E-state index contributed by atoms with van der Waals surface area (Å²) in [6.45, 7) is 3.28. The zero-order valence-corrected chi connectivity index (χ0v) is 13.1. The molecule has 2 heterocycles. The Hall–Kier alpha value is -1.65. The van der Waals surface area contributed by atoms with Gasteiger partial charge >= 0.3 is 0 Å². The second kappa shape index (κ2) is 7.07. The maximum Gasteiger partial charge on any atom is 0.287 e. The molecule has 2 aliphatic rings. The van der Waals surface area contributed by atoms with Gasteiger partial charge in [-0.3, -0.25) is 14.5 Å². The van der Waals surface area contributed by atoms with E-state index in [0.29, 0.717) is 39.3 Å². The van der Waals surface area contributed by atoms with E-state index in [0.717, 1.165) is 0 Å². The van der Waals surface area contributed by atoms with E-state index in [1.165, 1.54) is 22.7 Å². The van der Waals surface area contributed by atoms with Crippen LogP contribution in [0.1, 0.15) is 0 Å². The fourth-order valence-corrected chi connectivity index (χ4v) is 3.06. The number of rotatable bonds is 5. The van der Waals surface area contributed by atoms with Crippen LogP contribution in [0.5, 0.6) is 0 Å². The van der Waals surface area contributed by atoms with Gasteiger partial charge in [0.2, 0.25) is 10.0 Å². The van der Waals surface area contributed by atoms with Crippen LogP contribution < -0.4 is 5.32 Å². The van der Waals surface area contributed by atoms with Crippen molar-refractivity contribution < 1.29 is 18.0 Å². The van der Waals surface area contributed by atoms with Gasteiger partial charge in [0.25, 0.3) is 11.8 Å². The van der Waals surface area contributed by atoms with E-state index in [9.17, 15) is 18.0 Å². The van der Waals surface area contributed by atoms with E-state index in [-0.39, 0.29) is 5.91 Å². The lowest BCUT2D eigenvalue weighted by Gasteiger charge is -2.33. The predicted molar refractivity (Wildman–Crippen MR) is 78.7 cm³/mol. The van der Waals surface area contributed by atoms with Gasteiger partial charge in [0.1, 0.15) is 0 Å². The predicted octanol–water partition coefficient (Wildman–Crippen LogP) is -1.40. The quantitative estimate of drug-likeness (QED) is 0.666. The Bertz CT molecular complexity index is 577. The number of carbonyl (C=O) groups excluding carboxylic acids is 2. The number of hydrogen-bond donors (Lipinski definition) is 1. The highest BCUT2D eigenvalue weighted by Crippen LogP contribution is 2.05. The summed E-state index contributed by atoms with van der Waals surface area (Å²) in [7, 11) is -3.12. The molecule has 0 bridgehead atoms. The Morgan fingerprint density at radius 1 is 1.36 bits per heavy atom. The van der Waals surface area contributed by atoms with Crippen molar-refractivity contribution in [3.63, 3.8) is 0 Å². The molecule has 1 N–H and O–H groups in total. The lowest BCUT2D eigenvalue weighted by Crippen LogP contribution is -2.50. The molecule has 2 amide bonds. The second-order valence-corrected chi connectivity index (χ2v) is 7.13. The molecule has 122 valence electrons. The first-order valence-corrected chi connectivity index (χ1v) is 8.79. The van der Waals surface area contributed by atoms with Crippen molar-refractivity contribution in [1.82, 2.24) is 14.5 Å². The van der Waals surface area contributed by atoms with Crippen LogP contribution in [0.25, 0.3) is 0 Å². The lowest BCUT2D eigenvalue weighted by molar-refractivity contribution is -0.121. The maximum atomic E-state index is 11.8. The highest BCUT2D eigenvalue weighted by Gasteiger charge is 2.23. The van der Waals surface area contributed by atoms with Crippen molar-refractivity contribution in [3.8, 4) is 0 Å². The van der Waals surface area contributed by atoms with Crippen molar-refractivity contribution in [3.05, 3.63) is 12.2 Å². The molecule has 1 atom stereocenters. The summed E-state index contributed by atoms with van der Waals surface area (Å²) < 4.78 is 24.2. The summed E-state index contributed by atoms with van der Waals surface area (Å²) in [5.74, 6) is -0.768. The molecule has 2 rings (SSSR count). The van der Waals surface area contributed by atoms with Gasteiger partial charge in [0, 0.05) is 45.3 Å². The SMILES string of the molecule is CS(=O)(=O)N1CCN(CCNC(=O)C2C=CC(=O)N=N2)CC1. The third kappa shape index (κ3) is 4.68. The first-order valence-electron chi connectivity index (χ1n) is 6.94. The molecular formula is C12H19N5O4S. The first-order chi connectivity index (χ1) is 10.4. The van der Waals surface area contributed by atoms with Crippen LogP contribution in [0.4, 0.5) is 0 Å². The third-order valence-corrected chi connectivity index (χ3v) is 4.80. The molecule has 2 aliphatic heterocycles. The van der Waals surface area contributed by atoms with Crippen molar-refractivity contribution in [2.45, 2.75) is 6.04 Å². The van der Waals surface area contributed by atoms with E-state index in [2.05, 4.69) is 20.4 Å². The average Bonchev–Trinajstić information content (AvgIpc) is 2.47.